The SMILES string of the molecule is CO[I-]/N=C(/c1ccccn1)C1CCNCC1. The van der Waals surface area contributed by atoms with Gasteiger partial charge in [0, 0.05) is 0 Å². The van der Waals surface area contributed by atoms with Gasteiger partial charge in [0.25, 0.3) is 0 Å². The number of hydrogen-bond acceptors (Lipinski definition) is 4. The summed E-state index contributed by atoms with van der Waals surface area (Å²) in [6, 6.07) is 6.00. The number of nitrogens with one attached hydrogen (secondary N) is 1. The first-order chi connectivity index (χ1) is 8.42. The summed E-state index contributed by atoms with van der Waals surface area (Å²) >= 11 is -0.537. The molecule has 1 aromatic rings. The van der Waals surface area contributed by atoms with Crippen molar-refractivity contribution in [2.75, 3.05) is 20.2 Å². The van der Waals surface area contributed by atoms with Gasteiger partial charge in [0.1, 0.15) is 0 Å². The molecule has 1 fully saturated rings. The van der Waals surface area contributed by atoms with Gasteiger partial charge in [0.05, 0.1) is 0 Å². The molecule has 2 heterocycles. The van der Waals surface area contributed by atoms with E-state index in [1.54, 1.807) is 7.11 Å². The first-order valence-corrected chi connectivity index (χ1v) is 7.63. The Morgan fingerprint density at radius 1 is 1.47 bits per heavy atom. The van der Waals surface area contributed by atoms with Gasteiger partial charge in [-0.15, -0.1) is 0 Å². The molecule has 0 unspecified atom stereocenters. The molecule has 1 aliphatic heterocycles. The summed E-state index contributed by atoms with van der Waals surface area (Å²) in [4.78, 5) is 4.42. The molecular formula is C12H17IN3O-. The Morgan fingerprint density at radius 3 is 2.94 bits per heavy atom. The van der Waals surface area contributed by atoms with Crippen LogP contribution in [-0.2, 0) is 3.07 Å². The van der Waals surface area contributed by atoms with Crippen molar-refractivity contribution in [1.29, 1.82) is 0 Å². The molecule has 0 aliphatic carbocycles. The summed E-state index contributed by atoms with van der Waals surface area (Å²) in [6.45, 7) is 2.14. The number of rotatable bonds is 4. The van der Waals surface area contributed by atoms with Gasteiger partial charge < -0.3 is 0 Å². The molecule has 0 saturated carbocycles. The molecular weight excluding hydrogens is 329 g/mol. The molecule has 1 aliphatic rings. The topological polar surface area (TPSA) is 46.5 Å². The van der Waals surface area contributed by atoms with Crippen molar-refractivity contribution in [3.05, 3.63) is 30.1 Å². The summed E-state index contributed by atoms with van der Waals surface area (Å²) in [5, 5.41) is 3.38. The molecule has 0 bridgehead atoms. The Hall–Kier alpha value is -0.530. The van der Waals surface area contributed by atoms with Gasteiger partial charge in [-0.25, -0.2) is 0 Å². The first-order valence-electron chi connectivity index (χ1n) is 5.79. The number of pyridine rings is 1. The van der Waals surface area contributed by atoms with Crippen molar-refractivity contribution in [1.82, 2.24) is 10.3 Å². The van der Waals surface area contributed by atoms with Crippen LogP contribution in [0, 0.1) is 5.92 Å². The molecule has 17 heavy (non-hydrogen) atoms. The van der Waals surface area contributed by atoms with Crippen molar-refractivity contribution in [2.24, 2.45) is 9.12 Å². The van der Waals surface area contributed by atoms with Gasteiger partial charge in [0.2, 0.25) is 0 Å². The van der Waals surface area contributed by atoms with Crippen LogP contribution in [0.1, 0.15) is 18.5 Å². The Kier molecular flexibility index (Phi) is 5.34. The standard InChI is InChI=1S/C12H17IN3O/c1-17-13-16-12(10-5-8-14-9-6-10)11-4-2-3-7-15-11/h2-4,7,10,14H,5-6,8-9H2,1H3/q-1/b16-12+. The fourth-order valence-electron chi connectivity index (χ4n) is 2.00. The molecule has 2 rings (SSSR count). The fourth-order valence-corrected chi connectivity index (χ4v) is 3.05. The minimum absolute atomic E-state index is 0.529. The average molecular weight is 346 g/mol. The van der Waals surface area contributed by atoms with E-state index in [4.69, 9.17) is 3.07 Å². The molecule has 0 spiro atoms. The zero-order valence-electron chi connectivity index (χ0n) is 9.90. The van der Waals surface area contributed by atoms with Crippen molar-refractivity contribution in [3.8, 4) is 0 Å². The third-order valence-corrected chi connectivity index (χ3v) is 3.96. The van der Waals surface area contributed by atoms with E-state index < -0.39 is 21.9 Å². The third kappa shape index (κ3) is 3.72. The van der Waals surface area contributed by atoms with Crippen LogP contribution < -0.4 is 27.2 Å². The van der Waals surface area contributed by atoms with E-state index in [0.29, 0.717) is 5.92 Å². The van der Waals surface area contributed by atoms with Crippen LogP contribution in [0.2, 0.25) is 0 Å². The van der Waals surface area contributed by atoms with Gasteiger partial charge in [-0.2, -0.15) is 0 Å². The molecule has 1 aromatic heterocycles. The quantitative estimate of drug-likeness (QED) is 0.530. The predicted octanol–water partition coefficient (Wildman–Crippen LogP) is -1.56. The Bertz CT molecular complexity index is 363. The van der Waals surface area contributed by atoms with Gasteiger partial charge >= 0.3 is 113 Å². The summed E-state index contributed by atoms with van der Waals surface area (Å²) in [6.07, 6.45) is 4.11. The Labute approximate surface area is 113 Å². The van der Waals surface area contributed by atoms with Gasteiger partial charge in [-0.05, 0) is 0 Å². The molecule has 5 heteroatoms. The zero-order valence-corrected chi connectivity index (χ0v) is 12.1. The monoisotopic (exact) mass is 346 g/mol. The predicted molar refractivity (Wildman–Crippen MR) is 63.4 cm³/mol. The van der Waals surface area contributed by atoms with Crippen LogP contribution in [0.5, 0.6) is 0 Å². The van der Waals surface area contributed by atoms with Crippen LogP contribution in [0.4, 0.5) is 0 Å². The van der Waals surface area contributed by atoms with Gasteiger partial charge in [-0.1, -0.05) is 0 Å². The second-order valence-electron chi connectivity index (χ2n) is 3.93. The summed E-state index contributed by atoms with van der Waals surface area (Å²) in [5.41, 5.74) is 2.15. The second kappa shape index (κ2) is 7.03. The average Bonchev–Trinajstić information content (AvgIpc) is 2.42. The maximum absolute atomic E-state index is 5.16. The molecule has 1 saturated heterocycles. The summed E-state index contributed by atoms with van der Waals surface area (Å²) in [7, 11) is 1.72. The van der Waals surface area contributed by atoms with Crippen molar-refractivity contribution < 1.29 is 25.0 Å². The van der Waals surface area contributed by atoms with E-state index in [0.717, 1.165) is 37.3 Å². The van der Waals surface area contributed by atoms with Gasteiger partial charge in [0.15, 0.2) is 0 Å². The molecule has 0 amide bonds. The van der Waals surface area contributed by atoms with E-state index in [-0.39, 0.29) is 0 Å². The second-order valence-corrected chi connectivity index (χ2v) is 5.69. The van der Waals surface area contributed by atoms with Crippen LogP contribution in [0.25, 0.3) is 0 Å². The normalized spacial score (nSPS) is 18.5. The zero-order chi connectivity index (χ0) is 11.9. The van der Waals surface area contributed by atoms with Crippen LogP contribution >= 0.6 is 0 Å². The minimum atomic E-state index is -0.537. The fraction of sp³-hybridized carbons (Fsp3) is 0.500. The molecule has 0 aromatic carbocycles. The van der Waals surface area contributed by atoms with E-state index >= 15 is 0 Å². The van der Waals surface area contributed by atoms with E-state index in [1.807, 2.05) is 24.4 Å². The number of hydrogen-bond donors (Lipinski definition) is 1. The Balaban J connectivity index is 2.18. The van der Waals surface area contributed by atoms with Crippen LogP contribution in [0.15, 0.2) is 27.6 Å². The Morgan fingerprint density at radius 2 is 2.29 bits per heavy atom. The van der Waals surface area contributed by atoms with Gasteiger partial charge in [-0.3, -0.25) is 0 Å². The first kappa shape index (κ1) is 12.9. The van der Waals surface area contributed by atoms with E-state index in [1.165, 1.54) is 0 Å². The van der Waals surface area contributed by atoms with Crippen LogP contribution in [-0.4, -0.2) is 30.9 Å². The van der Waals surface area contributed by atoms with Crippen molar-refractivity contribution in [3.63, 3.8) is 0 Å². The molecule has 94 valence electrons. The molecule has 1 N–H and O–H groups in total. The number of halogens is 1. The summed E-state index contributed by atoms with van der Waals surface area (Å²) < 4.78 is 9.81. The number of aromatic nitrogens is 1. The third-order valence-electron chi connectivity index (χ3n) is 2.85. The maximum atomic E-state index is 5.16. The van der Waals surface area contributed by atoms with E-state index in [2.05, 4.69) is 13.5 Å². The summed E-state index contributed by atoms with van der Waals surface area (Å²) in [5.74, 6) is 0.529. The van der Waals surface area contributed by atoms with Crippen molar-refractivity contribution in [2.45, 2.75) is 12.8 Å². The molecule has 0 atom stereocenters. The van der Waals surface area contributed by atoms with Crippen LogP contribution in [0.3, 0.4) is 0 Å². The number of nitrogens with zero attached hydrogens (tertiary/aromatic N) is 2. The molecule has 4 nitrogen and oxygen atoms in total. The van der Waals surface area contributed by atoms with E-state index in [9.17, 15) is 0 Å². The molecule has 0 radical (unpaired) electrons. The number of piperidine rings is 1. The van der Waals surface area contributed by atoms with Crippen molar-refractivity contribution >= 4 is 5.71 Å².